The second-order valence-corrected chi connectivity index (χ2v) is 0.743. The summed E-state index contributed by atoms with van der Waals surface area (Å²) in [6.45, 7) is 0. The van der Waals surface area contributed by atoms with Crippen LogP contribution in [0.25, 0.3) is 0 Å². The molecule has 0 N–H and O–H groups in total. The molecule has 0 bridgehead atoms. The van der Waals surface area contributed by atoms with Crippen molar-refractivity contribution in [3.05, 3.63) is 0 Å². The second kappa shape index (κ2) is 18.5. The van der Waals surface area contributed by atoms with Crippen LogP contribution in [0.3, 0.4) is 0 Å². The van der Waals surface area contributed by atoms with Gasteiger partial charge in [-0.05, 0) is 0 Å². The summed E-state index contributed by atoms with van der Waals surface area (Å²) in [5, 5.41) is 0. The monoisotopic (exact) mass is 182 g/mol. The van der Waals surface area contributed by atoms with Crippen molar-refractivity contribution in [3.8, 4) is 0 Å². The molecule has 4 nitrogen and oxygen atoms in total. The number of rotatable bonds is 0. The molecule has 0 aromatic rings. The predicted octanol–water partition coefficient (Wildman–Crippen LogP) is -0.859. The van der Waals surface area contributed by atoms with Gasteiger partial charge < -0.3 is 0 Å². The van der Waals surface area contributed by atoms with Gasteiger partial charge in [0, 0.05) is 0 Å². The van der Waals surface area contributed by atoms with E-state index in [-0.39, 0.29) is 0 Å². The van der Waals surface area contributed by atoms with Gasteiger partial charge in [-0.25, -0.2) is 0 Å². The Morgan fingerprint density at radius 3 is 1.17 bits per heavy atom. The molecule has 0 spiro atoms. The van der Waals surface area contributed by atoms with Crippen LogP contribution in [0, 0.1) is 0 Å². The third-order valence-corrected chi connectivity index (χ3v) is 0. The molecular weight excluding hydrogens is 183 g/mol. The van der Waals surface area contributed by atoms with Gasteiger partial charge in [-0.2, -0.15) is 0 Å². The van der Waals surface area contributed by atoms with Gasteiger partial charge in [-0.1, -0.05) is 0 Å². The molecule has 0 aliphatic rings. The van der Waals surface area contributed by atoms with Gasteiger partial charge in [0.05, 0.1) is 0 Å². The zero-order valence-corrected chi connectivity index (χ0v) is 6.09. The van der Waals surface area contributed by atoms with Crippen molar-refractivity contribution in [2.24, 2.45) is 0 Å². The molecule has 6 heteroatoms. The van der Waals surface area contributed by atoms with E-state index < -0.39 is 32.5 Å². The number of hydrogen-bond acceptors (Lipinski definition) is 4. The van der Waals surface area contributed by atoms with Crippen LogP contribution in [-0.4, -0.2) is 9.29 Å². The van der Waals surface area contributed by atoms with E-state index >= 15 is 0 Å². The fraction of sp³-hybridized carbons (Fsp3) is 0. The Labute approximate surface area is 47.3 Å². The molecule has 0 aliphatic carbocycles. The molecule has 0 unspecified atom stereocenters. The van der Waals surface area contributed by atoms with Crippen LogP contribution in [0.1, 0.15) is 0 Å². The second-order valence-electron chi connectivity index (χ2n) is 0.167. The first-order valence-corrected chi connectivity index (χ1v) is 3.64. The molecule has 0 aromatic carbocycles. The minimum absolute atomic E-state index is 1.42. The average Bonchev–Trinajstić information content (AvgIpc) is 1.39. The SMILES string of the molecule is O=[Si]=O.[O]=[Zr]=[O]. The molecule has 0 rings (SSSR count). The van der Waals surface area contributed by atoms with Crippen molar-refractivity contribution in [2.45, 2.75) is 0 Å². The first-order chi connectivity index (χ1) is 2.83. The van der Waals surface area contributed by atoms with Crippen LogP contribution >= 0.6 is 0 Å². The standard InChI is InChI=1S/O2Si.2O.Zr/c1-3-2;;;. The Kier molecular flexibility index (Phi) is 29.6. The average molecular weight is 183 g/mol. The van der Waals surface area contributed by atoms with Gasteiger partial charge in [-0.15, -0.1) is 0 Å². The van der Waals surface area contributed by atoms with Gasteiger partial charge in [0.25, 0.3) is 0 Å². The molecule has 6 heavy (non-hydrogen) atoms. The van der Waals surface area contributed by atoms with E-state index in [2.05, 4.69) is 0 Å². The summed E-state index contributed by atoms with van der Waals surface area (Å²) in [4.78, 5) is 0. The molecule has 0 amide bonds. The Hall–Kier alpha value is 0.300. The zero-order valence-electron chi connectivity index (χ0n) is 2.63. The van der Waals surface area contributed by atoms with Crippen LogP contribution in [0.2, 0.25) is 0 Å². The summed E-state index contributed by atoms with van der Waals surface area (Å²) in [7, 11) is -1.42. The maximum absolute atomic E-state index is 8.54. The zero-order chi connectivity index (χ0) is 5.41. The summed E-state index contributed by atoms with van der Waals surface area (Å²) in [6.07, 6.45) is 0. The van der Waals surface area contributed by atoms with Crippen LogP contribution < -0.4 is 0 Å². The third kappa shape index (κ3) is 520. The van der Waals surface area contributed by atoms with E-state index in [1.807, 2.05) is 0 Å². The predicted molar refractivity (Wildman–Crippen MR) is 8.50 cm³/mol. The van der Waals surface area contributed by atoms with Crippen molar-refractivity contribution < 1.29 is 37.8 Å². The summed E-state index contributed by atoms with van der Waals surface area (Å²) in [6, 6.07) is 0. The van der Waals surface area contributed by atoms with Crippen molar-refractivity contribution in [1.82, 2.24) is 0 Å². The van der Waals surface area contributed by atoms with E-state index in [1.165, 1.54) is 0 Å². The molecule has 0 aliphatic heterocycles. The van der Waals surface area contributed by atoms with Crippen molar-refractivity contribution in [3.63, 3.8) is 0 Å². The molecule has 32 valence electrons. The third-order valence-electron chi connectivity index (χ3n) is 0. The van der Waals surface area contributed by atoms with E-state index in [4.69, 9.17) is 14.5 Å². The Bertz CT molecular complexity index is 61.5. The molecular formula is O4SiZr. The minimum atomic E-state index is -2.27. The van der Waals surface area contributed by atoms with Crippen molar-refractivity contribution in [2.75, 3.05) is 0 Å². The molecule has 0 atom stereocenters. The first-order valence-electron chi connectivity index (χ1n) is 0.816. The van der Waals surface area contributed by atoms with Gasteiger partial charge in [0.1, 0.15) is 0 Å². The normalized spacial score (nSPS) is 2.67. The van der Waals surface area contributed by atoms with Gasteiger partial charge in [0.2, 0.25) is 0 Å². The van der Waals surface area contributed by atoms with Crippen LogP contribution in [-0.2, 0) is 37.8 Å². The summed E-state index contributed by atoms with van der Waals surface area (Å²) in [5.74, 6) is 0. The molecule has 0 heterocycles. The molecule has 0 saturated carbocycles. The Morgan fingerprint density at radius 2 is 1.17 bits per heavy atom. The fourth-order valence-electron chi connectivity index (χ4n) is 0. The Morgan fingerprint density at radius 1 is 1.17 bits per heavy atom. The van der Waals surface area contributed by atoms with Crippen molar-refractivity contribution >= 4 is 9.29 Å². The first kappa shape index (κ1) is 9.57. The van der Waals surface area contributed by atoms with Crippen LogP contribution in [0.5, 0.6) is 0 Å². The molecule has 0 saturated heterocycles. The van der Waals surface area contributed by atoms with Crippen LogP contribution in [0.15, 0.2) is 0 Å². The quantitative estimate of drug-likeness (QED) is 0.458. The van der Waals surface area contributed by atoms with E-state index in [9.17, 15) is 0 Å². The summed E-state index contributed by atoms with van der Waals surface area (Å²) < 4.78 is 33.9. The van der Waals surface area contributed by atoms with E-state index in [0.717, 1.165) is 0 Å². The van der Waals surface area contributed by atoms with Gasteiger partial charge >= 0.3 is 38.2 Å². The van der Waals surface area contributed by atoms with E-state index in [1.54, 1.807) is 0 Å². The Balaban J connectivity index is 0. The maximum atomic E-state index is 8.54. The number of hydrogen-bond donors (Lipinski definition) is 0. The van der Waals surface area contributed by atoms with E-state index in [0.29, 0.717) is 0 Å². The fourth-order valence-corrected chi connectivity index (χ4v) is 0. The molecule has 0 radical (unpaired) electrons. The van der Waals surface area contributed by atoms with Gasteiger partial charge in [-0.3, -0.25) is 8.92 Å². The van der Waals surface area contributed by atoms with Gasteiger partial charge in [0.15, 0.2) is 0 Å². The topological polar surface area (TPSA) is 68.3 Å². The summed E-state index contributed by atoms with van der Waals surface area (Å²) >= 11 is -2.27. The van der Waals surface area contributed by atoms with Crippen molar-refractivity contribution in [1.29, 1.82) is 0 Å². The molecule has 0 fully saturated rings. The van der Waals surface area contributed by atoms with Crippen LogP contribution in [0.4, 0.5) is 0 Å². The molecule has 0 aromatic heterocycles. The summed E-state index contributed by atoms with van der Waals surface area (Å²) in [5.41, 5.74) is 0.